The van der Waals surface area contributed by atoms with Crippen molar-refractivity contribution in [3.63, 3.8) is 0 Å². The molecule has 3 N–H and O–H groups in total. The van der Waals surface area contributed by atoms with E-state index in [4.69, 9.17) is 10.2 Å². The van der Waals surface area contributed by atoms with Crippen LogP contribution < -0.4 is 5.73 Å². The molecule has 0 amide bonds. The number of aliphatic hydroxyl groups excluding tert-OH is 1. The van der Waals surface area contributed by atoms with Crippen LogP contribution in [-0.2, 0) is 5.41 Å². The molecule has 1 atom stereocenters. The van der Waals surface area contributed by atoms with Gasteiger partial charge in [-0.05, 0) is 40.2 Å². The summed E-state index contributed by atoms with van der Waals surface area (Å²) in [5, 5.41) is 9.24. The maximum Gasteiger partial charge on any atom is 0.104 e. The fraction of sp³-hybridized carbons (Fsp3) is 0.692. The van der Waals surface area contributed by atoms with Crippen LogP contribution in [0.4, 0.5) is 0 Å². The lowest BCUT2D eigenvalue weighted by atomic mass is 9.66. The molecule has 3 nitrogen and oxygen atoms in total. The van der Waals surface area contributed by atoms with Crippen LogP contribution in [0, 0.1) is 13.8 Å². The molecule has 0 aliphatic rings. The van der Waals surface area contributed by atoms with E-state index >= 15 is 0 Å². The van der Waals surface area contributed by atoms with Crippen LogP contribution >= 0.6 is 0 Å². The number of hydrogen-bond acceptors (Lipinski definition) is 3. The molecular weight excluding hydrogens is 202 g/mol. The van der Waals surface area contributed by atoms with Crippen molar-refractivity contribution >= 4 is 0 Å². The van der Waals surface area contributed by atoms with E-state index in [1.165, 1.54) is 0 Å². The van der Waals surface area contributed by atoms with Crippen molar-refractivity contribution in [1.82, 2.24) is 0 Å². The number of nitrogens with two attached hydrogens (primary N) is 1. The van der Waals surface area contributed by atoms with Gasteiger partial charge in [0.2, 0.25) is 0 Å². The number of hydrogen-bond donors (Lipinski definition) is 2. The second kappa shape index (κ2) is 4.22. The van der Waals surface area contributed by atoms with Gasteiger partial charge in [-0.15, -0.1) is 0 Å². The molecule has 0 bridgehead atoms. The molecule has 0 aliphatic carbocycles. The van der Waals surface area contributed by atoms with Crippen molar-refractivity contribution in [3.8, 4) is 0 Å². The van der Waals surface area contributed by atoms with Crippen molar-refractivity contribution in [1.29, 1.82) is 0 Å². The zero-order valence-electron chi connectivity index (χ0n) is 10.9. The number of aryl methyl sites for hydroxylation is 2. The Morgan fingerprint density at radius 1 is 1.31 bits per heavy atom. The highest BCUT2D eigenvalue weighted by molar-refractivity contribution is 5.33. The maximum absolute atomic E-state index is 9.24. The molecule has 16 heavy (non-hydrogen) atoms. The number of aliphatic hydroxyl groups is 1. The highest BCUT2D eigenvalue weighted by atomic mass is 16.3. The van der Waals surface area contributed by atoms with Crippen molar-refractivity contribution in [3.05, 3.63) is 23.2 Å². The second-order valence-corrected chi connectivity index (χ2v) is 5.35. The maximum atomic E-state index is 9.24. The van der Waals surface area contributed by atoms with Crippen LogP contribution in [0.2, 0.25) is 0 Å². The number of rotatable bonds is 4. The zero-order valence-corrected chi connectivity index (χ0v) is 10.9. The SMILES string of the molecule is Cc1cc(C(C)(CCO)C(C)(C)N)c(C)o1. The molecule has 92 valence electrons. The first kappa shape index (κ1) is 13.3. The van der Waals surface area contributed by atoms with Gasteiger partial charge in [-0.1, -0.05) is 6.92 Å². The Morgan fingerprint density at radius 3 is 2.19 bits per heavy atom. The van der Waals surface area contributed by atoms with Crippen LogP contribution in [0.3, 0.4) is 0 Å². The van der Waals surface area contributed by atoms with Crippen LogP contribution in [0.15, 0.2) is 10.5 Å². The fourth-order valence-electron chi connectivity index (χ4n) is 2.21. The standard InChI is InChI=1S/C13H23NO2/c1-9-8-11(10(2)16-9)13(5,6-7-15)12(3,4)14/h8,15H,6-7,14H2,1-5H3. The molecule has 1 aromatic rings. The van der Waals surface area contributed by atoms with Gasteiger partial charge in [0.15, 0.2) is 0 Å². The van der Waals surface area contributed by atoms with Gasteiger partial charge in [0, 0.05) is 23.1 Å². The minimum Gasteiger partial charge on any atom is -0.466 e. The topological polar surface area (TPSA) is 59.4 Å². The van der Waals surface area contributed by atoms with Gasteiger partial charge in [-0.25, -0.2) is 0 Å². The van der Waals surface area contributed by atoms with E-state index in [1.54, 1.807) is 0 Å². The minimum atomic E-state index is -0.406. The van der Waals surface area contributed by atoms with Gasteiger partial charge in [0.1, 0.15) is 11.5 Å². The molecule has 0 saturated carbocycles. The predicted octanol–water partition coefficient (Wildman–Crippen LogP) is 2.27. The third kappa shape index (κ3) is 2.15. The van der Waals surface area contributed by atoms with Crippen LogP contribution in [0.1, 0.15) is 44.3 Å². The molecule has 0 radical (unpaired) electrons. The lowest BCUT2D eigenvalue weighted by molar-refractivity contribution is 0.189. The first-order chi connectivity index (χ1) is 7.22. The van der Waals surface area contributed by atoms with E-state index in [0.717, 1.165) is 17.1 Å². The Kier molecular flexibility index (Phi) is 3.50. The van der Waals surface area contributed by atoms with E-state index in [9.17, 15) is 5.11 Å². The third-order valence-corrected chi connectivity index (χ3v) is 3.67. The Balaban J connectivity index is 3.27. The Hall–Kier alpha value is -0.800. The van der Waals surface area contributed by atoms with Gasteiger partial charge in [0.05, 0.1) is 0 Å². The zero-order chi connectivity index (χ0) is 12.6. The number of furan rings is 1. The lowest BCUT2D eigenvalue weighted by Gasteiger charge is -2.41. The van der Waals surface area contributed by atoms with Gasteiger partial charge in [0.25, 0.3) is 0 Å². The fourth-order valence-corrected chi connectivity index (χ4v) is 2.21. The predicted molar refractivity (Wildman–Crippen MR) is 65.5 cm³/mol. The highest BCUT2D eigenvalue weighted by Gasteiger charge is 2.41. The summed E-state index contributed by atoms with van der Waals surface area (Å²) in [4.78, 5) is 0. The minimum absolute atomic E-state index is 0.126. The Morgan fingerprint density at radius 2 is 1.88 bits per heavy atom. The molecule has 1 aromatic heterocycles. The molecule has 1 unspecified atom stereocenters. The normalized spacial score (nSPS) is 16.2. The highest BCUT2D eigenvalue weighted by Crippen LogP contribution is 2.39. The summed E-state index contributed by atoms with van der Waals surface area (Å²) in [6.45, 7) is 10.1. The molecule has 0 fully saturated rings. The quantitative estimate of drug-likeness (QED) is 0.826. The third-order valence-electron chi connectivity index (χ3n) is 3.67. The summed E-state index contributed by atoms with van der Waals surface area (Å²) >= 11 is 0. The second-order valence-electron chi connectivity index (χ2n) is 5.35. The lowest BCUT2D eigenvalue weighted by Crippen LogP contribution is -2.52. The first-order valence-electron chi connectivity index (χ1n) is 5.69. The van der Waals surface area contributed by atoms with Crippen LogP contribution in [0.5, 0.6) is 0 Å². The molecule has 0 saturated heterocycles. The molecular formula is C13H23NO2. The van der Waals surface area contributed by atoms with Crippen molar-refractivity contribution < 1.29 is 9.52 Å². The summed E-state index contributed by atoms with van der Waals surface area (Å²) in [6, 6.07) is 2.03. The monoisotopic (exact) mass is 225 g/mol. The average molecular weight is 225 g/mol. The van der Waals surface area contributed by atoms with E-state index < -0.39 is 5.54 Å². The smallest absolute Gasteiger partial charge is 0.104 e. The van der Waals surface area contributed by atoms with E-state index in [1.807, 2.05) is 33.8 Å². The molecule has 0 aromatic carbocycles. The average Bonchev–Trinajstić information content (AvgIpc) is 2.44. The summed E-state index contributed by atoms with van der Waals surface area (Å²) in [5.74, 6) is 1.79. The van der Waals surface area contributed by atoms with E-state index in [0.29, 0.717) is 6.42 Å². The molecule has 0 aliphatic heterocycles. The summed E-state index contributed by atoms with van der Waals surface area (Å²) < 4.78 is 5.56. The summed E-state index contributed by atoms with van der Waals surface area (Å²) in [6.07, 6.45) is 0.635. The van der Waals surface area contributed by atoms with Gasteiger partial charge < -0.3 is 15.3 Å². The van der Waals surface area contributed by atoms with Crippen molar-refractivity contribution in [2.75, 3.05) is 6.61 Å². The van der Waals surface area contributed by atoms with Crippen LogP contribution in [0.25, 0.3) is 0 Å². The molecule has 1 heterocycles. The first-order valence-corrected chi connectivity index (χ1v) is 5.69. The molecule has 0 spiro atoms. The van der Waals surface area contributed by atoms with E-state index in [-0.39, 0.29) is 12.0 Å². The summed E-state index contributed by atoms with van der Waals surface area (Å²) in [7, 11) is 0. The van der Waals surface area contributed by atoms with Crippen molar-refractivity contribution in [2.45, 2.75) is 52.0 Å². The molecule has 1 rings (SSSR count). The van der Waals surface area contributed by atoms with Gasteiger partial charge >= 0.3 is 0 Å². The summed E-state index contributed by atoms with van der Waals surface area (Å²) in [5.41, 5.74) is 6.68. The largest absolute Gasteiger partial charge is 0.466 e. The molecule has 3 heteroatoms. The van der Waals surface area contributed by atoms with E-state index in [2.05, 4.69) is 6.92 Å². The van der Waals surface area contributed by atoms with Crippen molar-refractivity contribution in [2.24, 2.45) is 5.73 Å². The van der Waals surface area contributed by atoms with Gasteiger partial charge in [-0.3, -0.25) is 0 Å². The van der Waals surface area contributed by atoms with Gasteiger partial charge in [-0.2, -0.15) is 0 Å². The van der Waals surface area contributed by atoms with Crippen LogP contribution in [-0.4, -0.2) is 17.3 Å². The Labute approximate surface area is 97.6 Å². The Bertz CT molecular complexity index is 362.